The minimum atomic E-state index is -3.78. The van der Waals surface area contributed by atoms with Crippen LogP contribution in [0, 0.1) is 0 Å². The van der Waals surface area contributed by atoms with E-state index in [4.69, 9.17) is 0 Å². The number of amides is 1. The second kappa shape index (κ2) is 10.6. The number of halogens is 1. The molecule has 0 fully saturated rings. The number of hydrogen-bond acceptors (Lipinski definition) is 5. The number of rotatable bonds is 7. The molecule has 2 N–H and O–H groups in total. The largest absolute Gasteiger partial charge is 0.493 e. The summed E-state index contributed by atoms with van der Waals surface area (Å²) in [4.78, 5) is 12.8. The highest BCUT2D eigenvalue weighted by molar-refractivity contribution is 9.10. The molecular formula is C28H21BrN4O4S. The van der Waals surface area contributed by atoms with Crippen LogP contribution in [0.2, 0.25) is 0 Å². The SMILES string of the molecule is O=C(N=Nc1c(O)n(Cc2ccccc2)c2ccccc12)c1ccc(NS(=O)(=O)c2ccc(Br)cc2)cc1. The number of benzene rings is 4. The van der Waals surface area contributed by atoms with Gasteiger partial charge in [-0.3, -0.25) is 9.52 Å². The number of nitrogens with zero attached hydrogens (tertiary/aromatic N) is 3. The Hall–Kier alpha value is -4.28. The lowest BCUT2D eigenvalue weighted by Gasteiger charge is -2.08. The predicted octanol–water partition coefficient (Wildman–Crippen LogP) is 6.88. The van der Waals surface area contributed by atoms with Gasteiger partial charge in [0.25, 0.3) is 15.9 Å². The molecule has 0 bridgehead atoms. The molecule has 1 amide bonds. The molecule has 10 heteroatoms. The minimum Gasteiger partial charge on any atom is -0.493 e. The summed E-state index contributed by atoms with van der Waals surface area (Å²) >= 11 is 3.28. The Morgan fingerprint density at radius 2 is 1.53 bits per heavy atom. The van der Waals surface area contributed by atoms with Crippen molar-refractivity contribution in [1.82, 2.24) is 4.57 Å². The Kier molecular flexibility index (Phi) is 7.08. The number of aromatic nitrogens is 1. The number of para-hydroxylation sites is 1. The molecule has 4 aromatic carbocycles. The maximum absolute atomic E-state index is 12.7. The van der Waals surface area contributed by atoms with Gasteiger partial charge in [0.05, 0.1) is 17.0 Å². The zero-order valence-corrected chi connectivity index (χ0v) is 22.2. The van der Waals surface area contributed by atoms with E-state index in [2.05, 4.69) is 30.9 Å². The van der Waals surface area contributed by atoms with Crippen LogP contribution in [-0.4, -0.2) is 24.0 Å². The molecule has 0 aliphatic carbocycles. The summed E-state index contributed by atoms with van der Waals surface area (Å²) in [5.41, 5.74) is 2.47. The molecule has 0 aliphatic heterocycles. The summed E-state index contributed by atoms with van der Waals surface area (Å²) in [6, 6.07) is 29.2. The fraction of sp³-hybridized carbons (Fsp3) is 0.0357. The van der Waals surface area contributed by atoms with Gasteiger partial charge in [-0.25, -0.2) is 8.42 Å². The summed E-state index contributed by atoms with van der Waals surface area (Å²) in [6.45, 7) is 0.425. The summed E-state index contributed by atoms with van der Waals surface area (Å²) in [7, 11) is -3.78. The van der Waals surface area contributed by atoms with Crippen LogP contribution >= 0.6 is 15.9 Å². The van der Waals surface area contributed by atoms with Gasteiger partial charge in [-0.05, 0) is 60.2 Å². The van der Waals surface area contributed by atoms with Crippen LogP contribution in [0.25, 0.3) is 10.9 Å². The van der Waals surface area contributed by atoms with Gasteiger partial charge in [-0.15, -0.1) is 10.2 Å². The molecule has 1 aromatic heterocycles. The first-order valence-electron chi connectivity index (χ1n) is 11.5. The van der Waals surface area contributed by atoms with E-state index < -0.39 is 15.9 Å². The topological polar surface area (TPSA) is 113 Å². The molecule has 1 heterocycles. The van der Waals surface area contributed by atoms with Crippen molar-refractivity contribution in [3.8, 4) is 5.88 Å². The number of hydrogen-bond donors (Lipinski definition) is 2. The van der Waals surface area contributed by atoms with Gasteiger partial charge >= 0.3 is 0 Å². The van der Waals surface area contributed by atoms with E-state index in [-0.39, 0.29) is 22.0 Å². The number of carbonyl (C=O) groups excluding carboxylic acids is 1. The van der Waals surface area contributed by atoms with Crippen LogP contribution in [0.15, 0.2) is 123 Å². The Morgan fingerprint density at radius 1 is 0.868 bits per heavy atom. The van der Waals surface area contributed by atoms with Crippen molar-refractivity contribution < 1.29 is 18.3 Å². The summed E-state index contributed by atoms with van der Waals surface area (Å²) in [6.07, 6.45) is 0. The minimum absolute atomic E-state index is 0.0932. The third kappa shape index (κ3) is 5.36. The molecule has 0 saturated heterocycles. The van der Waals surface area contributed by atoms with Crippen molar-refractivity contribution >= 4 is 54.1 Å². The Balaban J connectivity index is 1.35. The van der Waals surface area contributed by atoms with E-state index >= 15 is 0 Å². The van der Waals surface area contributed by atoms with Gasteiger partial charge in [0.1, 0.15) is 0 Å². The first kappa shape index (κ1) is 25.4. The van der Waals surface area contributed by atoms with Crippen LogP contribution in [0.4, 0.5) is 11.4 Å². The average molecular weight is 589 g/mol. The van der Waals surface area contributed by atoms with E-state index in [9.17, 15) is 18.3 Å². The van der Waals surface area contributed by atoms with Gasteiger partial charge in [0, 0.05) is 21.1 Å². The highest BCUT2D eigenvalue weighted by atomic mass is 79.9. The lowest BCUT2D eigenvalue weighted by atomic mass is 10.2. The standard InChI is InChI=1S/C28H21BrN4O4S/c29-21-12-16-23(17-13-21)38(36,37)32-22-14-10-20(11-15-22)27(34)31-30-26-24-8-4-5-9-25(24)33(28(26)35)18-19-6-2-1-3-7-19/h1-17,32,35H,18H2. The monoisotopic (exact) mass is 588 g/mol. The number of carbonyl (C=O) groups is 1. The van der Waals surface area contributed by atoms with Crippen LogP contribution in [-0.2, 0) is 16.6 Å². The first-order chi connectivity index (χ1) is 18.3. The molecule has 190 valence electrons. The molecule has 8 nitrogen and oxygen atoms in total. The predicted molar refractivity (Wildman–Crippen MR) is 149 cm³/mol. The van der Waals surface area contributed by atoms with E-state index in [0.717, 1.165) is 15.6 Å². The first-order valence-corrected chi connectivity index (χ1v) is 13.8. The lowest BCUT2D eigenvalue weighted by Crippen LogP contribution is -2.12. The van der Waals surface area contributed by atoms with Gasteiger partial charge in [-0.2, -0.15) is 0 Å². The summed E-state index contributed by atoms with van der Waals surface area (Å²) < 4.78 is 30.2. The number of aromatic hydroxyl groups is 1. The highest BCUT2D eigenvalue weighted by Gasteiger charge is 2.18. The van der Waals surface area contributed by atoms with Crippen molar-refractivity contribution in [2.75, 3.05) is 4.72 Å². The fourth-order valence-corrected chi connectivity index (χ4v) is 5.28. The quantitative estimate of drug-likeness (QED) is 0.202. The molecule has 0 saturated carbocycles. The number of azo groups is 1. The van der Waals surface area contributed by atoms with E-state index in [1.807, 2.05) is 54.6 Å². The van der Waals surface area contributed by atoms with Crippen LogP contribution in [0.5, 0.6) is 5.88 Å². The second-order valence-corrected chi connectivity index (χ2v) is 11.0. The van der Waals surface area contributed by atoms with Crippen LogP contribution < -0.4 is 4.72 Å². The van der Waals surface area contributed by atoms with E-state index in [1.54, 1.807) is 16.7 Å². The highest BCUT2D eigenvalue weighted by Crippen LogP contribution is 2.39. The molecule has 0 unspecified atom stereocenters. The van der Waals surface area contributed by atoms with Gasteiger partial charge in [0.2, 0.25) is 5.88 Å². The van der Waals surface area contributed by atoms with Gasteiger partial charge < -0.3 is 9.67 Å². The van der Waals surface area contributed by atoms with Crippen molar-refractivity contribution in [2.45, 2.75) is 11.4 Å². The molecule has 38 heavy (non-hydrogen) atoms. The number of sulfonamides is 1. The number of anilines is 1. The Bertz CT molecular complexity index is 1750. The zero-order valence-electron chi connectivity index (χ0n) is 19.8. The molecule has 0 atom stereocenters. The van der Waals surface area contributed by atoms with E-state index in [0.29, 0.717) is 17.6 Å². The fourth-order valence-electron chi connectivity index (χ4n) is 3.96. The maximum atomic E-state index is 12.7. The Labute approximate surface area is 227 Å². The molecule has 0 spiro atoms. The third-order valence-electron chi connectivity index (χ3n) is 5.85. The molecule has 5 aromatic rings. The van der Waals surface area contributed by atoms with Crippen molar-refractivity contribution in [3.05, 3.63) is 119 Å². The second-order valence-electron chi connectivity index (χ2n) is 8.40. The van der Waals surface area contributed by atoms with Crippen LogP contribution in [0.3, 0.4) is 0 Å². The molecule has 0 aliphatic rings. The molecule has 5 rings (SSSR count). The molecule has 0 radical (unpaired) electrons. The summed E-state index contributed by atoms with van der Waals surface area (Å²) in [5.74, 6) is -0.726. The molecular weight excluding hydrogens is 568 g/mol. The third-order valence-corrected chi connectivity index (χ3v) is 7.78. The maximum Gasteiger partial charge on any atom is 0.295 e. The zero-order chi connectivity index (χ0) is 26.7. The number of fused-ring (bicyclic) bond motifs is 1. The van der Waals surface area contributed by atoms with Crippen molar-refractivity contribution in [2.24, 2.45) is 10.2 Å². The van der Waals surface area contributed by atoms with E-state index in [1.165, 1.54) is 36.4 Å². The normalized spacial score (nSPS) is 11.7. The smallest absolute Gasteiger partial charge is 0.295 e. The Morgan fingerprint density at radius 3 is 2.24 bits per heavy atom. The van der Waals surface area contributed by atoms with Crippen LogP contribution in [0.1, 0.15) is 15.9 Å². The summed E-state index contributed by atoms with van der Waals surface area (Å²) in [5, 5.41) is 19.5. The lowest BCUT2D eigenvalue weighted by molar-refractivity contribution is 0.0995. The average Bonchev–Trinajstić information content (AvgIpc) is 3.18. The van der Waals surface area contributed by atoms with Gasteiger partial charge in [0.15, 0.2) is 5.69 Å². The van der Waals surface area contributed by atoms with Crippen molar-refractivity contribution in [1.29, 1.82) is 0 Å². The number of nitrogens with one attached hydrogen (secondary N) is 1. The van der Waals surface area contributed by atoms with Gasteiger partial charge in [-0.1, -0.05) is 64.5 Å². The van der Waals surface area contributed by atoms with Crippen molar-refractivity contribution in [3.63, 3.8) is 0 Å².